The first-order valence-corrected chi connectivity index (χ1v) is 9.27. The van der Waals surface area contributed by atoms with E-state index in [2.05, 4.69) is 5.32 Å². The highest BCUT2D eigenvalue weighted by Gasteiger charge is 2.33. The van der Waals surface area contributed by atoms with Crippen LogP contribution in [0.25, 0.3) is 0 Å². The van der Waals surface area contributed by atoms with E-state index in [9.17, 15) is 14.0 Å². The number of amides is 2. The summed E-state index contributed by atoms with van der Waals surface area (Å²) in [7, 11) is 0. The van der Waals surface area contributed by atoms with E-state index in [1.807, 2.05) is 18.2 Å². The van der Waals surface area contributed by atoms with Crippen molar-refractivity contribution in [3.8, 4) is 11.5 Å². The number of carbonyl (C=O) groups excluding carboxylic acids is 2. The van der Waals surface area contributed by atoms with Crippen molar-refractivity contribution < 1.29 is 23.5 Å². The van der Waals surface area contributed by atoms with Gasteiger partial charge in [-0.2, -0.15) is 0 Å². The highest BCUT2D eigenvalue weighted by molar-refractivity contribution is 5.89. The van der Waals surface area contributed by atoms with Gasteiger partial charge in [-0.3, -0.25) is 9.59 Å². The van der Waals surface area contributed by atoms with Gasteiger partial charge in [-0.15, -0.1) is 0 Å². The summed E-state index contributed by atoms with van der Waals surface area (Å²) in [6, 6.07) is 11.8. The van der Waals surface area contributed by atoms with Crippen LogP contribution < -0.4 is 14.8 Å². The monoisotopic (exact) mass is 384 g/mol. The molecule has 0 radical (unpaired) electrons. The Morgan fingerprint density at radius 3 is 2.68 bits per heavy atom. The van der Waals surface area contributed by atoms with Gasteiger partial charge >= 0.3 is 0 Å². The first kappa shape index (κ1) is 18.3. The fourth-order valence-corrected chi connectivity index (χ4v) is 3.46. The van der Waals surface area contributed by atoms with Crippen molar-refractivity contribution in [2.45, 2.75) is 19.4 Å². The maximum absolute atomic E-state index is 13.0. The molecule has 1 atom stereocenters. The average Bonchev–Trinajstić information content (AvgIpc) is 3.31. The van der Waals surface area contributed by atoms with E-state index in [0.717, 1.165) is 11.1 Å². The Kier molecular flexibility index (Phi) is 5.14. The van der Waals surface area contributed by atoms with Gasteiger partial charge in [0, 0.05) is 26.1 Å². The summed E-state index contributed by atoms with van der Waals surface area (Å²) >= 11 is 0. The number of benzene rings is 2. The molecule has 28 heavy (non-hydrogen) atoms. The lowest BCUT2D eigenvalue weighted by Gasteiger charge is -2.16. The zero-order valence-corrected chi connectivity index (χ0v) is 15.3. The number of likely N-dealkylation sites (tertiary alicyclic amines) is 1. The van der Waals surface area contributed by atoms with Gasteiger partial charge in [-0.1, -0.05) is 18.2 Å². The second-order valence-corrected chi connectivity index (χ2v) is 7.02. The van der Waals surface area contributed by atoms with E-state index >= 15 is 0 Å². The highest BCUT2D eigenvalue weighted by atomic mass is 19.1. The van der Waals surface area contributed by atoms with Gasteiger partial charge in [0.05, 0.1) is 5.92 Å². The molecule has 0 spiro atoms. The molecule has 2 aromatic rings. The van der Waals surface area contributed by atoms with E-state index in [1.54, 1.807) is 17.0 Å². The van der Waals surface area contributed by atoms with Crippen LogP contribution in [0.5, 0.6) is 11.5 Å². The van der Waals surface area contributed by atoms with Crippen LogP contribution in [-0.4, -0.2) is 36.6 Å². The summed E-state index contributed by atoms with van der Waals surface area (Å²) in [6.45, 7) is 1.52. The first-order valence-electron chi connectivity index (χ1n) is 9.27. The van der Waals surface area contributed by atoms with E-state index in [4.69, 9.17) is 9.47 Å². The van der Waals surface area contributed by atoms with Crippen molar-refractivity contribution in [3.05, 3.63) is 59.4 Å². The molecule has 4 rings (SSSR count). The predicted molar refractivity (Wildman–Crippen MR) is 99.2 cm³/mol. The predicted octanol–water partition coefficient (Wildman–Crippen LogP) is 2.26. The lowest BCUT2D eigenvalue weighted by Crippen LogP contribution is -2.33. The Hall–Kier alpha value is -3.09. The van der Waals surface area contributed by atoms with Crippen molar-refractivity contribution in [1.82, 2.24) is 10.2 Å². The molecular formula is C21H21FN2O4. The lowest BCUT2D eigenvalue weighted by molar-refractivity contribution is -0.129. The van der Waals surface area contributed by atoms with Crippen molar-refractivity contribution in [2.24, 2.45) is 5.92 Å². The summed E-state index contributed by atoms with van der Waals surface area (Å²) in [5.41, 5.74) is 1.87. The van der Waals surface area contributed by atoms with Crippen molar-refractivity contribution in [3.63, 3.8) is 0 Å². The number of ether oxygens (including phenoxy) is 2. The Morgan fingerprint density at radius 2 is 1.86 bits per heavy atom. The van der Waals surface area contributed by atoms with Crippen LogP contribution in [0.4, 0.5) is 4.39 Å². The largest absolute Gasteiger partial charge is 0.454 e. The van der Waals surface area contributed by atoms with Crippen LogP contribution in [0.2, 0.25) is 0 Å². The molecule has 1 saturated heterocycles. The number of hydrogen-bond donors (Lipinski definition) is 1. The molecule has 146 valence electrons. The molecule has 2 amide bonds. The summed E-state index contributed by atoms with van der Waals surface area (Å²) in [5, 5.41) is 2.90. The van der Waals surface area contributed by atoms with E-state index < -0.39 is 0 Å². The number of halogens is 1. The maximum atomic E-state index is 13.0. The maximum Gasteiger partial charge on any atom is 0.231 e. The zero-order valence-electron chi connectivity index (χ0n) is 15.3. The number of rotatable bonds is 6. The average molecular weight is 384 g/mol. The minimum absolute atomic E-state index is 0.0228. The van der Waals surface area contributed by atoms with E-state index in [1.165, 1.54) is 12.1 Å². The molecule has 1 fully saturated rings. The molecule has 0 saturated carbocycles. The smallest absolute Gasteiger partial charge is 0.231 e. The van der Waals surface area contributed by atoms with Gasteiger partial charge in [0.1, 0.15) is 5.82 Å². The molecule has 6 nitrogen and oxygen atoms in total. The van der Waals surface area contributed by atoms with Crippen LogP contribution >= 0.6 is 0 Å². The van der Waals surface area contributed by atoms with Crippen LogP contribution in [0, 0.1) is 11.7 Å². The minimum atomic E-state index is -0.352. The number of nitrogens with one attached hydrogen (secondary N) is 1. The van der Waals surface area contributed by atoms with Gasteiger partial charge in [-0.25, -0.2) is 4.39 Å². The van der Waals surface area contributed by atoms with Gasteiger partial charge in [-0.05, 0) is 41.8 Å². The molecular weight excluding hydrogens is 363 g/mol. The summed E-state index contributed by atoms with van der Waals surface area (Å²) in [6.07, 6.45) is 0.855. The fourth-order valence-electron chi connectivity index (χ4n) is 3.46. The number of carbonyl (C=O) groups is 2. The van der Waals surface area contributed by atoms with Crippen LogP contribution in [0.1, 0.15) is 17.5 Å². The van der Waals surface area contributed by atoms with Crippen molar-refractivity contribution >= 4 is 11.8 Å². The molecule has 0 unspecified atom stereocenters. The Morgan fingerprint density at radius 1 is 1.11 bits per heavy atom. The summed E-state index contributed by atoms with van der Waals surface area (Å²) in [4.78, 5) is 26.4. The van der Waals surface area contributed by atoms with Crippen LogP contribution in [0.15, 0.2) is 42.5 Å². The zero-order chi connectivity index (χ0) is 19.5. The molecule has 0 aromatic heterocycles. The molecule has 2 aliphatic rings. The third-order valence-corrected chi connectivity index (χ3v) is 5.07. The summed E-state index contributed by atoms with van der Waals surface area (Å²) in [5.74, 6) is 0.596. The topological polar surface area (TPSA) is 67.9 Å². The highest BCUT2D eigenvalue weighted by Crippen LogP contribution is 2.32. The summed E-state index contributed by atoms with van der Waals surface area (Å²) < 4.78 is 23.6. The third-order valence-electron chi connectivity index (χ3n) is 5.07. The normalized spacial score (nSPS) is 17.8. The first-order chi connectivity index (χ1) is 13.6. The Labute approximate surface area is 162 Å². The minimum Gasteiger partial charge on any atom is -0.454 e. The lowest BCUT2D eigenvalue weighted by atomic mass is 10.1. The van der Waals surface area contributed by atoms with Gasteiger partial charge < -0.3 is 19.7 Å². The second kappa shape index (κ2) is 7.88. The van der Waals surface area contributed by atoms with Crippen molar-refractivity contribution in [1.29, 1.82) is 0 Å². The van der Waals surface area contributed by atoms with Gasteiger partial charge in [0.2, 0.25) is 18.6 Å². The Balaban J connectivity index is 1.27. The van der Waals surface area contributed by atoms with Gasteiger partial charge in [0.15, 0.2) is 11.5 Å². The second-order valence-electron chi connectivity index (χ2n) is 7.02. The number of hydrogen-bond acceptors (Lipinski definition) is 4. The molecule has 2 aromatic carbocycles. The van der Waals surface area contributed by atoms with Crippen molar-refractivity contribution in [2.75, 3.05) is 19.9 Å². The molecule has 2 heterocycles. The van der Waals surface area contributed by atoms with Crippen LogP contribution in [0.3, 0.4) is 0 Å². The SMILES string of the molecule is O=C(NCc1ccc2c(c1)OCO2)[C@H]1CC(=O)N(CCc2ccc(F)cc2)C1. The standard InChI is InChI=1S/C21H21FN2O4/c22-17-4-1-14(2-5-17)7-8-24-12-16(10-20(24)25)21(26)23-11-15-3-6-18-19(9-15)28-13-27-18/h1-6,9,16H,7-8,10-13H2,(H,23,26)/t16-/m0/s1. The molecule has 0 aliphatic carbocycles. The molecule has 2 aliphatic heterocycles. The quantitative estimate of drug-likeness (QED) is 0.830. The van der Waals surface area contributed by atoms with Crippen LogP contribution in [-0.2, 0) is 22.6 Å². The van der Waals surface area contributed by atoms with E-state index in [0.29, 0.717) is 37.6 Å². The molecule has 7 heteroatoms. The third kappa shape index (κ3) is 4.08. The molecule has 1 N–H and O–H groups in total. The van der Waals surface area contributed by atoms with E-state index in [-0.39, 0.29) is 36.8 Å². The Bertz CT molecular complexity index is 884. The number of nitrogens with zero attached hydrogens (tertiary/aromatic N) is 1. The molecule has 0 bridgehead atoms. The fraction of sp³-hybridized carbons (Fsp3) is 0.333. The van der Waals surface area contributed by atoms with Gasteiger partial charge in [0.25, 0.3) is 0 Å². The number of fused-ring (bicyclic) bond motifs is 1.